The summed E-state index contributed by atoms with van der Waals surface area (Å²) in [5, 5.41) is 4.72. The summed E-state index contributed by atoms with van der Waals surface area (Å²) < 4.78 is 21.5. The lowest BCUT2D eigenvalue weighted by atomic mass is 10.1. The van der Waals surface area contributed by atoms with E-state index in [-0.39, 0.29) is 12.4 Å². The second-order valence-electron chi connectivity index (χ2n) is 9.02. The van der Waals surface area contributed by atoms with Crippen LogP contribution in [0.1, 0.15) is 30.5 Å². The van der Waals surface area contributed by atoms with Gasteiger partial charge in [0, 0.05) is 28.7 Å². The van der Waals surface area contributed by atoms with Crippen molar-refractivity contribution in [1.29, 1.82) is 0 Å². The summed E-state index contributed by atoms with van der Waals surface area (Å²) >= 11 is 10.8. The van der Waals surface area contributed by atoms with Gasteiger partial charge in [-0.05, 0) is 91.2 Å². The molecule has 5 nitrogen and oxygen atoms in total. The Morgan fingerprint density at radius 3 is 2.71 bits per heavy atom. The lowest BCUT2D eigenvalue weighted by Gasteiger charge is -2.14. The minimum Gasteiger partial charge on any atom is -0.487 e. The monoisotopic (exact) mass is 546 g/mol. The van der Waals surface area contributed by atoms with Crippen LogP contribution in [-0.4, -0.2) is 20.3 Å². The van der Waals surface area contributed by atoms with Crippen LogP contribution in [0.4, 0.5) is 15.9 Å². The molecule has 5 aromatic rings. The molecule has 0 saturated heterocycles. The molecule has 0 aliphatic carbocycles. The molecule has 194 valence electrons. The van der Waals surface area contributed by atoms with Gasteiger partial charge in [0.2, 0.25) is 0 Å². The first-order chi connectivity index (χ1) is 18.6. The molecule has 2 heterocycles. The fraction of sp³-hybridized carbons (Fsp3) is 0.200. The van der Waals surface area contributed by atoms with Crippen molar-refractivity contribution >= 4 is 46.6 Å². The van der Waals surface area contributed by atoms with Crippen LogP contribution in [0.3, 0.4) is 0 Å². The van der Waals surface area contributed by atoms with Crippen molar-refractivity contribution in [1.82, 2.24) is 14.5 Å². The Labute approximate surface area is 232 Å². The zero-order chi connectivity index (χ0) is 26.3. The topological polar surface area (TPSA) is 52.0 Å². The van der Waals surface area contributed by atoms with E-state index >= 15 is 0 Å². The SMILES string of the molecule is Fc1cccc(COc2ccc(Nc3ncnc4ccc(-n5cccc5CCCCCS)cc34)cc2Cl)c1. The summed E-state index contributed by atoms with van der Waals surface area (Å²) in [6.07, 6.45) is 8.10. The Kier molecular flexibility index (Phi) is 8.46. The molecule has 0 amide bonds. The van der Waals surface area contributed by atoms with E-state index in [1.807, 2.05) is 18.2 Å². The fourth-order valence-corrected chi connectivity index (χ4v) is 4.84. The van der Waals surface area contributed by atoms with E-state index in [0.717, 1.165) is 52.9 Å². The second-order valence-corrected chi connectivity index (χ2v) is 9.87. The average Bonchev–Trinajstić information content (AvgIpc) is 3.39. The van der Waals surface area contributed by atoms with Crippen LogP contribution >= 0.6 is 24.2 Å². The highest BCUT2D eigenvalue weighted by molar-refractivity contribution is 7.80. The van der Waals surface area contributed by atoms with Gasteiger partial charge >= 0.3 is 0 Å². The molecule has 0 aliphatic heterocycles. The van der Waals surface area contributed by atoms with Gasteiger partial charge in [-0.3, -0.25) is 0 Å². The number of hydrogen-bond donors (Lipinski definition) is 2. The third kappa shape index (κ3) is 6.29. The number of anilines is 2. The number of nitrogens with one attached hydrogen (secondary N) is 1. The quantitative estimate of drug-likeness (QED) is 0.129. The number of aryl methyl sites for hydroxylation is 1. The van der Waals surface area contributed by atoms with Crippen molar-refractivity contribution in [2.45, 2.75) is 32.3 Å². The van der Waals surface area contributed by atoms with Gasteiger partial charge in [-0.15, -0.1) is 0 Å². The maximum atomic E-state index is 13.4. The Morgan fingerprint density at radius 1 is 0.947 bits per heavy atom. The Morgan fingerprint density at radius 2 is 1.87 bits per heavy atom. The van der Waals surface area contributed by atoms with E-state index in [4.69, 9.17) is 16.3 Å². The number of rotatable bonds is 11. The van der Waals surface area contributed by atoms with E-state index in [2.05, 4.69) is 62.9 Å². The van der Waals surface area contributed by atoms with E-state index in [1.54, 1.807) is 24.5 Å². The fourth-order valence-electron chi connectivity index (χ4n) is 4.38. The van der Waals surface area contributed by atoms with Gasteiger partial charge in [0.05, 0.1) is 10.5 Å². The van der Waals surface area contributed by atoms with E-state index in [9.17, 15) is 4.39 Å². The number of benzene rings is 3. The van der Waals surface area contributed by atoms with Crippen LogP contribution in [0.5, 0.6) is 5.75 Å². The average molecular weight is 547 g/mol. The number of aromatic nitrogens is 3. The van der Waals surface area contributed by atoms with Gasteiger partial charge in [0.15, 0.2) is 0 Å². The molecule has 2 aromatic heterocycles. The lowest BCUT2D eigenvalue weighted by molar-refractivity contribution is 0.306. The van der Waals surface area contributed by atoms with Crippen molar-refractivity contribution < 1.29 is 9.13 Å². The standard InChI is InChI=1S/C30H28ClFN4OS/c31-27-17-23(10-13-29(27)37-19-21-6-4-7-22(32)16-21)35-30-26-18-25(11-12-28(26)33-20-34-30)36-14-5-9-24(36)8-2-1-3-15-38/h4-7,9-14,16-18,20,38H,1-3,8,15,19H2,(H,33,34,35). The predicted octanol–water partition coefficient (Wildman–Crippen LogP) is 8.18. The minimum absolute atomic E-state index is 0.222. The van der Waals surface area contributed by atoms with Gasteiger partial charge in [-0.1, -0.05) is 30.2 Å². The van der Waals surface area contributed by atoms with Crippen molar-refractivity contribution in [2.24, 2.45) is 0 Å². The number of fused-ring (bicyclic) bond motifs is 1. The third-order valence-corrected chi connectivity index (χ3v) is 6.91. The van der Waals surface area contributed by atoms with Gasteiger partial charge in [0.1, 0.15) is 30.3 Å². The highest BCUT2D eigenvalue weighted by Gasteiger charge is 2.10. The van der Waals surface area contributed by atoms with Crippen LogP contribution < -0.4 is 10.1 Å². The second kappa shape index (κ2) is 12.3. The number of ether oxygens (including phenoxy) is 1. The number of unbranched alkanes of at least 4 members (excludes halogenated alkanes) is 2. The minimum atomic E-state index is -0.297. The molecule has 1 N–H and O–H groups in total. The van der Waals surface area contributed by atoms with Crippen molar-refractivity contribution in [2.75, 3.05) is 11.1 Å². The molecule has 0 unspecified atom stereocenters. The molecule has 0 bridgehead atoms. The predicted molar refractivity (Wildman–Crippen MR) is 156 cm³/mol. The molecular weight excluding hydrogens is 519 g/mol. The molecule has 0 spiro atoms. The van der Waals surface area contributed by atoms with Crippen LogP contribution in [0.2, 0.25) is 5.02 Å². The van der Waals surface area contributed by atoms with Gasteiger partial charge < -0.3 is 14.6 Å². The molecule has 0 saturated carbocycles. The molecule has 5 rings (SSSR count). The lowest BCUT2D eigenvalue weighted by Crippen LogP contribution is -2.01. The molecule has 3 aromatic carbocycles. The van der Waals surface area contributed by atoms with Crippen molar-refractivity contribution in [3.63, 3.8) is 0 Å². The molecule has 38 heavy (non-hydrogen) atoms. The van der Waals surface area contributed by atoms with Crippen LogP contribution in [-0.2, 0) is 13.0 Å². The first-order valence-electron chi connectivity index (χ1n) is 12.6. The van der Waals surface area contributed by atoms with E-state index in [1.165, 1.54) is 24.2 Å². The van der Waals surface area contributed by atoms with E-state index in [0.29, 0.717) is 16.6 Å². The summed E-state index contributed by atoms with van der Waals surface area (Å²) in [7, 11) is 0. The van der Waals surface area contributed by atoms with Gasteiger partial charge in [0.25, 0.3) is 0 Å². The number of halogens is 2. The first kappa shape index (κ1) is 26.1. The summed E-state index contributed by atoms with van der Waals surface area (Å²) in [5.41, 5.74) is 4.67. The third-order valence-electron chi connectivity index (χ3n) is 6.30. The summed E-state index contributed by atoms with van der Waals surface area (Å²) in [5.74, 6) is 1.83. The van der Waals surface area contributed by atoms with Crippen LogP contribution in [0, 0.1) is 5.82 Å². The summed E-state index contributed by atoms with van der Waals surface area (Å²) in [6, 6.07) is 22.2. The molecule has 8 heteroatoms. The highest BCUT2D eigenvalue weighted by Crippen LogP contribution is 2.31. The molecule has 0 radical (unpaired) electrons. The Bertz CT molecular complexity index is 1540. The van der Waals surface area contributed by atoms with Crippen molar-refractivity contribution in [3.05, 3.63) is 107 Å². The molecular formula is C30H28ClFN4OS. The van der Waals surface area contributed by atoms with Crippen LogP contribution in [0.25, 0.3) is 16.6 Å². The molecule has 0 aliphatic rings. The smallest absolute Gasteiger partial charge is 0.141 e. The summed E-state index contributed by atoms with van der Waals surface area (Å²) in [6.45, 7) is 0.222. The molecule has 0 atom stereocenters. The zero-order valence-electron chi connectivity index (χ0n) is 20.8. The molecule has 0 fully saturated rings. The number of hydrogen-bond acceptors (Lipinski definition) is 5. The maximum absolute atomic E-state index is 13.4. The van der Waals surface area contributed by atoms with Crippen LogP contribution in [0.15, 0.2) is 85.3 Å². The normalized spacial score (nSPS) is 11.1. The maximum Gasteiger partial charge on any atom is 0.141 e. The number of nitrogens with zero attached hydrogens (tertiary/aromatic N) is 3. The van der Waals surface area contributed by atoms with Gasteiger partial charge in [-0.25, -0.2) is 14.4 Å². The summed E-state index contributed by atoms with van der Waals surface area (Å²) in [4.78, 5) is 8.95. The highest BCUT2D eigenvalue weighted by atomic mass is 35.5. The zero-order valence-corrected chi connectivity index (χ0v) is 22.4. The van der Waals surface area contributed by atoms with Crippen molar-refractivity contribution in [3.8, 4) is 11.4 Å². The largest absolute Gasteiger partial charge is 0.487 e. The van der Waals surface area contributed by atoms with Gasteiger partial charge in [-0.2, -0.15) is 12.6 Å². The number of thiol groups is 1. The first-order valence-corrected chi connectivity index (χ1v) is 13.6. The van der Waals surface area contributed by atoms with E-state index < -0.39 is 0 Å². The Balaban J connectivity index is 1.34. The Hall–Kier alpha value is -3.55.